The highest BCUT2D eigenvalue weighted by Crippen LogP contribution is 2.15. The third-order valence-corrected chi connectivity index (χ3v) is 2.67. The van der Waals surface area contributed by atoms with E-state index in [1.54, 1.807) is 13.1 Å². The van der Waals surface area contributed by atoms with Gasteiger partial charge in [-0.05, 0) is 19.8 Å². The van der Waals surface area contributed by atoms with Crippen molar-refractivity contribution in [3.8, 4) is 0 Å². The quantitative estimate of drug-likeness (QED) is 0.750. The van der Waals surface area contributed by atoms with Gasteiger partial charge in [-0.15, -0.1) is 0 Å². The highest BCUT2D eigenvalue weighted by molar-refractivity contribution is 6.00. The van der Waals surface area contributed by atoms with Crippen molar-refractivity contribution in [2.45, 2.75) is 52.1 Å². The number of rotatable bonds is 6. The number of nitrogens with zero attached hydrogens (tertiary/aromatic N) is 2. The molecule has 16 heavy (non-hydrogen) atoms. The number of carbonyl (C=O) groups is 1. The number of hydrogen-bond donors (Lipinski definition) is 1. The van der Waals surface area contributed by atoms with E-state index in [0.717, 1.165) is 19.4 Å². The van der Waals surface area contributed by atoms with Gasteiger partial charge in [0.2, 0.25) is 5.78 Å². The van der Waals surface area contributed by atoms with E-state index in [-0.39, 0.29) is 5.78 Å². The summed E-state index contributed by atoms with van der Waals surface area (Å²) >= 11 is 0. The summed E-state index contributed by atoms with van der Waals surface area (Å²) in [4.78, 5) is 16.3. The molecule has 1 rings (SSSR count). The summed E-state index contributed by atoms with van der Waals surface area (Å²) in [5, 5.41) is 0. The number of aromatic nitrogens is 2. The number of imidazole rings is 1. The maximum absolute atomic E-state index is 12.2. The van der Waals surface area contributed by atoms with E-state index in [0.29, 0.717) is 12.2 Å². The van der Waals surface area contributed by atoms with Crippen LogP contribution >= 0.6 is 0 Å². The summed E-state index contributed by atoms with van der Waals surface area (Å²) in [5.74, 6) is 0.424. The molecule has 1 unspecified atom stereocenters. The highest BCUT2D eigenvalue weighted by atomic mass is 16.1. The Morgan fingerprint density at radius 1 is 1.50 bits per heavy atom. The molecule has 0 saturated carbocycles. The summed E-state index contributed by atoms with van der Waals surface area (Å²) in [6.45, 7) is 6.69. The first-order chi connectivity index (χ1) is 7.53. The zero-order valence-corrected chi connectivity index (χ0v) is 10.4. The lowest BCUT2D eigenvalue weighted by Gasteiger charge is -2.22. The van der Waals surface area contributed by atoms with Gasteiger partial charge in [-0.2, -0.15) is 0 Å². The molecule has 0 saturated heterocycles. The van der Waals surface area contributed by atoms with Crippen molar-refractivity contribution >= 4 is 5.78 Å². The van der Waals surface area contributed by atoms with E-state index < -0.39 is 5.54 Å². The molecule has 1 heterocycles. The number of ketones is 1. The Bertz CT molecular complexity index is 355. The van der Waals surface area contributed by atoms with Gasteiger partial charge in [0.05, 0.1) is 5.54 Å². The van der Waals surface area contributed by atoms with Gasteiger partial charge in [0.15, 0.2) is 5.82 Å². The number of aryl methyl sites for hydroxylation is 1. The second-order valence-electron chi connectivity index (χ2n) is 4.44. The molecule has 0 fully saturated rings. The Hall–Kier alpha value is -1.16. The molecule has 4 heteroatoms. The first kappa shape index (κ1) is 12.9. The summed E-state index contributed by atoms with van der Waals surface area (Å²) in [6, 6.07) is 0. The Labute approximate surface area is 96.9 Å². The molecule has 0 spiro atoms. The van der Waals surface area contributed by atoms with Gasteiger partial charge in [0.25, 0.3) is 0 Å². The second kappa shape index (κ2) is 5.25. The second-order valence-corrected chi connectivity index (χ2v) is 4.44. The third-order valence-electron chi connectivity index (χ3n) is 2.67. The Morgan fingerprint density at radius 3 is 2.75 bits per heavy atom. The van der Waals surface area contributed by atoms with Gasteiger partial charge < -0.3 is 10.3 Å². The van der Waals surface area contributed by atoms with Crippen LogP contribution in [-0.2, 0) is 6.54 Å². The van der Waals surface area contributed by atoms with Crippen molar-refractivity contribution in [3.05, 3.63) is 18.2 Å². The van der Waals surface area contributed by atoms with Gasteiger partial charge >= 0.3 is 0 Å². The van der Waals surface area contributed by atoms with E-state index in [1.807, 2.05) is 17.7 Å². The van der Waals surface area contributed by atoms with E-state index in [2.05, 4.69) is 11.9 Å². The van der Waals surface area contributed by atoms with Crippen molar-refractivity contribution in [2.24, 2.45) is 5.73 Å². The first-order valence-corrected chi connectivity index (χ1v) is 5.87. The molecule has 2 N–H and O–H groups in total. The lowest BCUT2D eigenvalue weighted by Crippen LogP contribution is -2.45. The fourth-order valence-electron chi connectivity index (χ4n) is 1.83. The van der Waals surface area contributed by atoms with Crippen LogP contribution in [0.1, 0.15) is 50.7 Å². The van der Waals surface area contributed by atoms with Crippen molar-refractivity contribution < 1.29 is 4.79 Å². The van der Waals surface area contributed by atoms with Gasteiger partial charge in [0, 0.05) is 18.9 Å². The molecule has 0 aromatic carbocycles. The normalized spacial score (nSPS) is 14.8. The molecule has 0 aliphatic heterocycles. The molecule has 4 nitrogen and oxygen atoms in total. The Balaban J connectivity index is 2.91. The molecular weight excluding hydrogens is 202 g/mol. The summed E-state index contributed by atoms with van der Waals surface area (Å²) in [7, 11) is 0. The molecule has 1 aromatic heterocycles. The van der Waals surface area contributed by atoms with E-state index >= 15 is 0 Å². The zero-order valence-electron chi connectivity index (χ0n) is 10.4. The monoisotopic (exact) mass is 223 g/mol. The van der Waals surface area contributed by atoms with Crippen molar-refractivity contribution in [2.75, 3.05) is 0 Å². The van der Waals surface area contributed by atoms with Crippen LogP contribution in [0.4, 0.5) is 0 Å². The topological polar surface area (TPSA) is 60.9 Å². The lowest BCUT2D eigenvalue weighted by molar-refractivity contribution is 0.0877. The number of carbonyl (C=O) groups excluding carboxylic acids is 1. The minimum atomic E-state index is -0.800. The summed E-state index contributed by atoms with van der Waals surface area (Å²) in [6.07, 6.45) is 6.05. The molecule has 0 aliphatic carbocycles. The van der Waals surface area contributed by atoms with Gasteiger partial charge in [-0.1, -0.05) is 20.3 Å². The van der Waals surface area contributed by atoms with Crippen molar-refractivity contribution in [1.29, 1.82) is 0 Å². The number of nitrogens with two attached hydrogens (primary N) is 1. The molecule has 0 bridgehead atoms. The van der Waals surface area contributed by atoms with E-state index in [9.17, 15) is 4.79 Å². The summed E-state index contributed by atoms with van der Waals surface area (Å²) in [5.41, 5.74) is 5.22. The fraction of sp³-hybridized carbons (Fsp3) is 0.667. The van der Waals surface area contributed by atoms with Crippen LogP contribution in [0.2, 0.25) is 0 Å². The van der Waals surface area contributed by atoms with Crippen LogP contribution in [0.5, 0.6) is 0 Å². The molecule has 0 radical (unpaired) electrons. The maximum Gasteiger partial charge on any atom is 0.217 e. The van der Waals surface area contributed by atoms with Crippen LogP contribution in [0.3, 0.4) is 0 Å². The maximum atomic E-state index is 12.2. The van der Waals surface area contributed by atoms with Crippen LogP contribution in [0, 0.1) is 0 Å². The van der Waals surface area contributed by atoms with Crippen LogP contribution in [0.15, 0.2) is 12.4 Å². The van der Waals surface area contributed by atoms with Crippen molar-refractivity contribution in [3.63, 3.8) is 0 Å². The largest absolute Gasteiger partial charge is 0.328 e. The number of hydrogen-bond acceptors (Lipinski definition) is 3. The minimum Gasteiger partial charge on any atom is -0.328 e. The smallest absolute Gasteiger partial charge is 0.217 e. The average Bonchev–Trinajstić information content (AvgIpc) is 2.65. The predicted octanol–water partition coefficient (Wildman–Crippen LogP) is 1.99. The minimum absolute atomic E-state index is 0.0622. The fourth-order valence-corrected chi connectivity index (χ4v) is 1.83. The molecular formula is C12H21N3O. The van der Waals surface area contributed by atoms with Crippen LogP contribution < -0.4 is 5.73 Å². The van der Waals surface area contributed by atoms with Crippen molar-refractivity contribution in [1.82, 2.24) is 9.55 Å². The SMILES string of the molecule is CCCn1ccnc1C(=O)C(C)(N)CCC. The molecule has 1 atom stereocenters. The van der Waals surface area contributed by atoms with Gasteiger partial charge in [-0.25, -0.2) is 4.98 Å². The standard InChI is InChI=1S/C12H21N3O/c1-4-6-12(3,13)10(16)11-14-7-9-15(11)8-5-2/h7,9H,4-6,8,13H2,1-3H3. The number of Topliss-reactive ketones (excluding diaryl/α,β-unsaturated/α-hetero) is 1. The highest BCUT2D eigenvalue weighted by Gasteiger charge is 2.31. The molecule has 1 aromatic rings. The van der Waals surface area contributed by atoms with Crippen LogP contribution in [-0.4, -0.2) is 20.9 Å². The third kappa shape index (κ3) is 2.70. The molecule has 90 valence electrons. The summed E-state index contributed by atoms with van der Waals surface area (Å²) < 4.78 is 1.88. The average molecular weight is 223 g/mol. The Kier molecular flexibility index (Phi) is 4.24. The molecule has 0 amide bonds. The first-order valence-electron chi connectivity index (χ1n) is 5.87. The predicted molar refractivity (Wildman–Crippen MR) is 64.3 cm³/mol. The van der Waals surface area contributed by atoms with Gasteiger partial charge in [-0.3, -0.25) is 4.79 Å². The zero-order chi connectivity index (χ0) is 12.2. The lowest BCUT2D eigenvalue weighted by atomic mass is 9.92. The molecule has 0 aliphatic rings. The van der Waals surface area contributed by atoms with E-state index in [1.165, 1.54) is 0 Å². The van der Waals surface area contributed by atoms with Gasteiger partial charge in [0.1, 0.15) is 0 Å². The van der Waals surface area contributed by atoms with E-state index in [4.69, 9.17) is 5.73 Å². The van der Waals surface area contributed by atoms with Crippen LogP contribution in [0.25, 0.3) is 0 Å². The Morgan fingerprint density at radius 2 is 2.19 bits per heavy atom.